The summed E-state index contributed by atoms with van der Waals surface area (Å²) in [7, 11) is 4.20. The molecule has 8 unspecified atom stereocenters. The second-order valence-electron chi connectivity index (χ2n) is 15.6. The van der Waals surface area contributed by atoms with Crippen molar-refractivity contribution in [1.29, 1.82) is 0 Å². The Morgan fingerprint density at radius 3 is 0.512 bits per heavy atom. The van der Waals surface area contributed by atoms with Gasteiger partial charge in [0.2, 0.25) is 0 Å². The van der Waals surface area contributed by atoms with Crippen molar-refractivity contribution in [3.8, 4) is 0 Å². The molecule has 9 aliphatic rings. The molecule has 249 valence electrons. The molecule has 5 saturated heterocycles. The van der Waals surface area contributed by atoms with Gasteiger partial charge in [-0.2, -0.15) is 0 Å². The number of hydrogen-bond acceptors (Lipinski definition) is 8. The minimum absolute atomic E-state index is 0. The van der Waals surface area contributed by atoms with Crippen molar-refractivity contribution >= 4 is 10.1 Å². The molecule has 5 aliphatic heterocycles. The van der Waals surface area contributed by atoms with Gasteiger partial charge < -0.3 is 7.43 Å². The number of halogens is 1. The zero-order chi connectivity index (χ0) is 28.2. The molecule has 8 atom stereocenters. The number of hydrogen-bond donors (Lipinski definition) is 8. The normalized spacial score (nSPS) is 53.7. The van der Waals surface area contributed by atoms with Crippen LogP contribution in [0, 0.1) is 54.8 Å². The minimum atomic E-state index is 0. The molecular formula is C33H59ClCuN8. The topological polar surface area (TPSA) is 96.2 Å². The van der Waals surface area contributed by atoms with Gasteiger partial charge in [0.25, 0.3) is 0 Å². The second-order valence-corrected chi connectivity index (χ2v) is 15.6. The van der Waals surface area contributed by atoms with Crippen LogP contribution in [0.4, 0.5) is 0 Å². The summed E-state index contributed by atoms with van der Waals surface area (Å²) < 4.78 is 0. The molecule has 4 saturated carbocycles. The number of fused-ring (bicyclic) bond motifs is 20. The molecule has 9 rings (SSSR count). The molecule has 0 spiro atoms. The van der Waals surface area contributed by atoms with Gasteiger partial charge in [-0.05, 0) is 98.7 Å². The van der Waals surface area contributed by atoms with Gasteiger partial charge in [0.1, 0.15) is 0 Å². The Bertz CT molecular complexity index is 723. The van der Waals surface area contributed by atoms with E-state index in [0.717, 1.165) is 47.3 Å². The SMILES string of the molecule is C1CCC2C3NC(NC4NC(NC5NC(NC6NC(N3)C3CCCCC63)C3CCCCC53)C3CCCCC43)C2C1.[CH3-].[Cl][Cu+]. The molecule has 0 aromatic carbocycles. The fourth-order valence-corrected chi connectivity index (χ4v) is 12.0. The van der Waals surface area contributed by atoms with Crippen LogP contribution in [0.2, 0.25) is 0 Å². The third-order valence-corrected chi connectivity index (χ3v) is 13.8. The van der Waals surface area contributed by atoms with Crippen LogP contribution in [0.15, 0.2) is 0 Å². The Morgan fingerprint density at radius 2 is 0.395 bits per heavy atom. The summed E-state index contributed by atoms with van der Waals surface area (Å²) in [6.07, 6.45) is 25.6. The van der Waals surface area contributed by atoms with Crippen molar-refractivity contribution in [2.24, 2.45) is 47.3 Å². The molecule has 10 heteroatoms. The van der Waals surface area contributed by atoms with Crippen LogP contribution in [-0.4, -0.2) is 49.3 Å². The standard InChI is InChI=1S/C32H56N8.CH3.ClH.Cu/c1-2-10-18-17(9-1)25-33-26(18)38-28-21-13-5-6-14-22(21)30(35-28)40-32-24-16-8-7-15-23(24)31(36-32)39-29-20-12-4-3-11-19(20)27(34-29)37-25;;;/h17-40H,1-16H2;1H3;1H;/q;-1;;+2/p-1. The second kappa shape index (κ2) is 13.9. The van der Waals surface area contributed by atoms with Crippen LogP contribution in [0.1, 0.15) is 103 Å². The van der Waals surface area contributed by atoms with Crippen LogP contribution in [-0.2, 0) is 15.1 Å². The van der Waals surface area contributed by atoms with E-state index in [1.165, 1.54) is 103 Å². The zero-order valence-corrected chi connectivity index (χ0v) is 27.9. The van der Waals surface area contributed by atoms with Crippen LogP contribution in [0.25, 0.3) is 0 Å². The van der Waals surface area contributed by atoms with Gasteiger partial charge in [0.15, 0.2) is 0 Å². The van der Waals surface area contributed by atoms with Crippen molar-refractivity contribution in [1.82, 2.24) is 42.5 Å². The molecule has 4 aliphatic carbocycles. The van der Waals surface area contributed by atoms with Crippen molar-refractivity contribution in [3.63, 3.8) is 0 Å². The summed E-state index contributed by atoms with van der Waals surface area (Å²) in [5, 5.41) is 33.8. The Morgan fingerprint density at radius 1 is 0.279 bits per heavy atom. The van der Waals surface area contributed by atoms with Gasteiger partial charge in [0.05, 0.1) is 49.3 Å². The summed E-state index contributed by atoms with van der Waals surface area (Å²) in [5.41, 5.74) is 0. The van der Waals surface area contributed by atoms with E-state index in [4.69, 9.17) is 0 Å². The van der Waals surface area contributed by atoms with E-state index in [1.807, 2.05) is 0 Å². The summed E-state index contributed by atoms with van der Waals surface area (Å²) in [5.74, 6) is 5.97. The van der Waals surface area contributed by atoms with Gasteiger partial charge in [-0.1, -0.05) is 51.4 Å². The van der Waals surface area contributed by atoms with Gasteiger partial charge in [0, 0.05) is 0 Å². The van der Waals surface area contributed by atoms with Crippen molar-refractivity contribution in [2.45, 2.75) is 152 Å². The molecular weight excluding hydrogens is 607 g/mol. The summed E-state index contributed by atoms with van der Waals surface area (Å²) in [4.78, 5) is 0. The van der Waals surface area contributed by atoms with Gasteiger partial charge >= 0.3 is 25.2 Å². The fourth-order valence-electron chi connectivity index (χ4n) is 12.0. The van der Waals surface area contributed by atoms with Gasteiger partial charge in [-0.15, -0.1) is 0 Å². The first-order valence-corrected chi connectivity index (χ1v) is 19.3. The first-order valence-electron chi connectivity index (χ1n) is 18.0. The molecule has 8 bridgehead atoms. The molecule has 0 aromatic rings. The molecule has 0 amide bonds. The fraction of sp³-hybridized carbons (Fsp3) is 0.970. The maximum absolute atomic E-state index is 4.26. The first kappa shape index (κ1) is 32.1. The van der Waals surface area contributed by atoms with Crippen LogP contribution in [0.3, 0.4) is 0 Å². The Labute approximate surface area is 273 Å². The van der Waals surface area contributed by atoms with E-state index < -0.39 is 0 Å². The molecule has 9 fully saturated rings. The van der Waals surface area contributed by atoms with E-state index in [0.29, 0.717) is 49.3 Å². The summed E-state index contributed by atoms with van der Waals surface area (Å²) >= 11 is 3.66. The molecule has 0 aromatic heterocycles. The maximum atomic E-state index is 4.26. The Kier molecular flexibility index (Phi) is 10.4. The van der Waals surface area contributed by atoms with Crippen LogP contribution < -0.4 is 42.5 Å². The third-order valence-electron chi connectivity index (χ3n) is 13.8. The van der Waals surface area contributed by atoms with E-state index in [1.54, 1.807) is 0 Å². The molecule has 43 heavy (non-hydrogen) atoms. The van der Waals surface area contributed by atoms with Crippen molar-refractivity contribution in [3.05, 3.63) is 7.43 Å². The number of nitrogens with one attached hydrogen (secondary N) is 8. The predicted octanol–water partition coefficient (Wildman–Crippen LogP) is 3.74. The molecule has 8 N–H and O–H groups in total. The van der Waals surface area contributed by atoms with Crippen molar-refractivity contribution in [2.75, 3.05) is 0 Å². The molecule has 8 nitrogen and oxygen atoms in total. The van der Waals surface area contributed by atoms with E-state index in [9.17, 15) is 0 Å². The van der Waals surface area contributed by atoms with E-state index in [-0.39, 0.29) is 7.43 Å². The van der Waals surface area contributed by atoms with Gasteiger partial charge in [-0.25, -0.2) is 0 Å². The first-order chi connectivity index (χ1) is 20.8. The predicted molar refractivity (Wildman–Crippen MR) is 169 cm³/mol. The zero-order valence-electron chi connectivity index (χ0n) is 26.2. The van der Waals surface area contributed by atoms with E-state index in [2.05, 4.69) is 67.7 Å². The summed E-state index contributed by atoms with van der Waals surface area (Å²) in [6, 6.07) is 0. The Hall–Kier alpha value is 0.489. The van der Waals surface area contributed by atoms with Crippen LogP contribution >= 0.6 is 10.1 Å². The van der Waals surface area contributed by atoms with E-state index >= 15 is 0 Å². The quantitative estimate of drug-likeness (QED) is 0.147. The molecule has 5 heterocycles. The summed E-state index contributed by atoms with van der Waals surface area (Å²) in [6.45, 7) is 0. The average Bonchev–Trinajstić information content (AvgIpc) is 3.78. The Balaban J connectivity index is 0.000000981. The van der Waals surface area contributed by atoms with Crippen LogP contribution in [0.5, 0.6) is 0 Å². The monoisotopic (exact) mass is 665 g/mol. The van der Waals surface area contributed by atoms with Gasteiger partial charge in [-0.3, -0.25) is 42.5 Å². The van der Waals surface area contributed by atoms with Crippen molar-refractivity contribution < 1.29 is 15.1 Å². The number of rotatable bonds is 0. The molecule has 0 radical (unpaired) electrons. The third kappa shape index (κ3) is 5.92. The average molecular weight is 667 g/mol.